The minimum atomic E-state index is -4.19. The number of likely N-dealkylation sites (N-methyl/N-ethyl adjacent to an activating group) is 1. The van der Waals surface area contributed by atoms with Gasteiger partial charge in [-0.15, -0.1) is 0 Å². The summed E-state index contributed by atoms with van der Waals surface area (Å²) in [6.45, 7) is 2.42. The molecule has 236 valence electrons. The number of carboxylic acids is 1. The fourth-order valence-electron chi connectivity index (χ4n) is 4.27. The van der Waals surface area contributed by atoms with Crippen LogP contribution in [0.5, 0.6) is 0 Å². The van der Waals surface area contributed by atoms with E-state index in [4.69, 9.17) is 38.5 Å². The summed E-state index contributed by atoms with van der Waals surface area (Å²) in [5.74, 6) is -2.49. The van der Waals surface area contributed by atoms with Crippen LogP contribution < -0.4 is 5.09 Å². The molecule has 0 aromatic heterocycles. The van der Waals surface area contributed by atoms with Crippen LogP contribution in [0.25, 0.3) is 0 Å². The Morgan fingerprint density at radius 1 is 0.829 bits per heavy atom. The summed E-state index contributed by atoms with van der Waals surface area (Å²) in [5, 5.41) is 19.4. The summed E-state index contributed by atoms with van der Waals surface area (Å²) in [5.41, 5.74) is 0. The van der Waals surface area contributed by atoms with E-state index in [2.05, 4.69) is 5.09 Å². The van der Waals surface area contributed by atoms with Crippen LogP contribution in [0.15, 0.2) is 0 Å². The second-order valence-electron chi connectivity index (χ2n) is 10.9. The van der Waals surface area contributed by atoms with Crippen LogP contribution in [0.1, 0.15) is 78.1 Å². The maximum absolute atomic E-state index is 13.5. The fourth-order valence-corrected chi connectivity index (χ4v) is 5.81. The van der Waals surface area contributed by atoms with Crippen LogP contribution in [0, 0.1) is 17.2 Å². The Hall–Kier alpha value is -2.57. The Balaban J connectivity index is 1.84. The van der Waals surface area contributed by atoms with E-state index in [-0.39, 0.29) is 38.6 Å². The van der Waals surface area contributed by atoms with Gasteiger partial charge in [-0.1, -0.05) is 26.7 Å². The lowest BCUT2D eigenvalue weighted by molar-refractivity contribution is -0.137. The summed E-state index contributed by atoms with van der Waals surface area (Å²) >= 11 is 0. The molecule has 2 saturated carbocycles. The normalized spacial score (nSPS) is 19.2. The first kappa shape index (κ1) is 34.6. The van der Waals surface area contributed by atoms with Crippen molar-refractivity contribution in [2.75, 3.05) is 40.0 Å². The van der Waals surface area contributed by atoms with E-state index >= 15 is 0 Å². The van der Waals surface area contributed by atoms with Gasteiger partial charge in [0.05, 0.1) is 26.4 Å². The standard InChI is InChI=1S/C26H46N3O11P/c1-19(15-35-25(32)39-21-10-6-4-7-11-21)17-37-41(34,28-24(27)29(3)14-23(30)31)38-18-20(2)16-36-26(33)40-22-12-8-5-9-13-22/h19-22H,4-18H2,1-3H3,(H,30,31)(H2,27,28,34). The lowest BCUT2D eigenvalue weighted by Gasteiger charge is -2.26. The van der Waals surface area contributed by atoms with Crippen molar-refractivity contribution in [2.45, 2.75) is 90.3 Å². The average Bonchev–Trinajstić information content (AvgIpc) is 2.93. The zero-order valence-corrected chi connectivity index (χ0v) is 25.2. The molecule has 0 aliphatic heterocycles. The Kier molecular flexibility index (Phi) is 15.3. The van der Waals surface area contributed by atoms with Crippen molar-refractivity contribution in [2.24, 2.45) is 11.8 Å². The van der Waals surface area contributed by atoms with Crippen molar-refractivity contribution in [1.82, 2.24) is 9.99 Å². The van der Waals surface area contributed by atoms with Crippen LogP contribution >= 0.6 is 7.75 Å². The lowest BCUT2D eigenvalue weighted by atomic mass is 9.98. The zero-order valence-electron chi connectivity index (χ0n) is 24.3. The van der Waals surface area contributed by atoms with Crippen LogP contribution in [0.3, 0.4) is 0 Å². The number of aliphatic carboxylic acids is 1. The Morgan fingerprint density at radius 2 is 1.24 bits per heavy atom. The number of hydrogen-bond donors (Lipinski definition) is 3. The third-order valence-corrected chi connectivity index (χ3v) is 8.12. The quantitative estimate of drug-likeness (QED) is 0.0988. The van der Waals surface area contributed by atoms with Gasteiger partial charge in [0, 0.05) is 18.9 Å². The maximum Gasteiger partial charge on any atom is 0.508 e. The van der Waals surface area contributed by atoms with Gasteiger partial charge in [0.25, 0.3) is 0 Å². The first-order valence-corrected chi connectivity index (χ1v) is 15.9. The van der Waals surface area contributed by atoms with Crippen LogP contribution in [-0.2, 0) is 37.4 Å². The molecular weight excluding hydrogens is 561 g/mol. The molecule has 2 fully saturated rings. The van der Waals surface area contributed by atoms with Gasteiger partial charge in [0.2, 0.25) is 0 Å². The van der Waals surface area contributed by atoms with Crippen molar-refractivity contribution in [3.8, 4) is 0 Å². The van der Waals surface area contributed by atoms with Gasteiger partial charge in [0.1, 0.15) is 18.8 Å². The number of carboxylic acid groups (broad SMARTS) is 1. The molecule has 0 spiro atoms. The van der Waals surface area contributed by atoms with E-state index in [1.165, 1.54) is 7.05 Å². The van der Waals surface area contributed by atoms with E-state index in [0.29, 0.717) is 0 Å². The number of carbonyl (C=O) groups excluding carboxylic acids is 2. The van der Waals surface area contributed by atoms with E-state index in [1.807, 2.05) is 0 Å². The van der Waals surface area contributed by atoms with E-state index in [9.17, 15) is 18.9 Å². The minimum absolute atomic E-state index is 0.0603. The topological polar surface area (TPSA) is 183 Å². The van der Waals surface area contributed by atoms with Gasteiger partial charge in [-0.2, -0.15) is 0 Å². The minimum Gasteiger partial charge on any atom is -0.480 e. The largest absolute Gasteiger partial charge is 0.508 e. The highest BCUT2D eigenvalue weighted by atomic mass is 31.2. The SMILES string of the molecule is CC(COC(=O)OC1CCCCC1)COP(=O)(NC(=N)N(C)CC(=O)O)OCC(C)COC(=O)OC1CCCCC1. The molecule has 0 amide bonds. The highest BCUT2D eigenvalue weighted by Crippen LogP contribution is 2.44. The van der Waals surface area contributed by atoms with Crippen LogP contribution in [0.4, 0.5) is 9.59 Å². The van der Waals surface area contributed by atoms with Gasteiger partial charge in [-0.3, -0.25) is 24.3 Å². The van der Waals surface area contributed by atoms with Gasteiger partial charge >= 0.3 is 26.0 Å². The monoisotopic (exact) mass is 607 g/mol. The number of nitrogens with zero attached hydrogens (tertiary/aromatic N) is 1. The molecule has 0 saturated heterocycles. The lowest BCUT2D eigenvalue weighted by Crippen LogP contribution is -2.40. The van der Waals surface area contributed by atoms with Gasteiger partial charge in [-0.25, -0.2) is 14.2 Å². The highest BCUT2D eigenvalue weighted by Gasteiger charge is 2.30. The number of guanidine groups is 1. The smallest absolute Gasteiger partial charge is 0.480 e. The summed E-state index contributed by atoms with van der Waals surface area (Å²) in [7, 11) is -2.86. The van der Waals surface area contributed by atoms with Crippen LogP contribution in [-0.4, -0.2) is 86.5 Å². The molecule has 14 nitrogen and oxygen atoms in total. The van der Waals surface area contributed by atoms with Crippen molar-refractivity contribution in [3.05, 3.63) is 0 Å². The second kappa shape index (κ2) is 18.1. The van der Waals surface area contributed by atoms with E-state index < -0.39 is 50.4 Å². The van der Waals surface area contributed by atoms with E-state index in [1.54, 1.807) is 13.8 Å². The molecule has 2 unspecified atom stereocenters. The molecule has 0 bridgehead atoms. The Labute approximate surface area is 241 Å². The molecule has 15 heteroatoms. The molecule has 2 atom stereocenters. The van der Waals surface area contributed by atoms with Crippen molar-refractivity contribution < 1.29 is 52.1 Å². The summed E-state index contributed by atoms with van der Waals surface area (Å²) in [6, 6.07) is 0. The van der Waals surface area contributed by atoms with E-state index in [0.717, 1.165) is 69.1 Å². The molecule has 0 radical (unpaired) electrons. The molecule has 2 aliphatic carbocycles. The summed E-state index contributed by atoms with van der Waals surface area (Å²) < 4.78 is 45.5. The number of rotatable bonds is 15. The zero-order chi connectivity index (χ0) is 30.3. The molecule has 0 aromatic carbocycles. The first-order valence-electron chi connectivity index (χ1n) is 14.3. The summed E-state index contributed by atoms with van der Waals surface area (Å²) in [4.78, 5) is 36.1. The van der Waals surface area contributed by atoms with Crippen molar-refractivity contribution >= 4 is 32.0 Å². The molecule has 2 rings (SSSR count). The molecular formula is C26H46N3O11P. The summed E-state index contributed by atoms with van der Waals surface area (Å²) in [6.07, 6.45) is 7.72. The Morgan fingerprint density at radius 3 is 1.63 bits per heavy atom. The predicted molar refractivity (Wildman–Crippen MR) is 148 cm³/mol. The van der Waals surface area contributed by atoms with Crippen molar-refractivity contribution in [3.63, 3.8) is 0 Å². The fraction of sp³-hybridized carbons (Fsp3) is 0.846. The predicted octanol–water partition coefficient (Wildman–Crippen LogP) is 4.91. The van der Waals surface area contributed by atoms with Crippen molar-refractivity contribution in [1.29, 1.82) is 5.41 Å². The highest BCUT2D eigenvalue weighted by molar-refractivity contribution is 7.52. The van der Waals surface area contributed by atoms with Gasteiger partial charge in [0.15, 0.2) is 5.96 Å². The third-order valence-electron chi connectivity index (χ3n) is 6.66. The number of nitrogens with one attached hydrogen (secondary N) is 2. The first-order chi connectivity index (χ1) is 19.5. The Bertz CT molecular complexity index is 844. The molecule has 41 heavy (non-hydrogen) atoms. The average molecular weight is 608 g/mol. The number of ether oxygens (including phenoxy) is 4. The van der Waals surface area contributed by atoms with Gasteiger partial charge in [-0.05, 0) is 51.4 Å². The second-order valence-corrected chi connectivity index (χ2v) is 12.6. The number of hydrogen-bond acceptors (Lipinski definition) is 11. The van der Waals surface area contributed by atoms with Crippen LogP contribution in [0.2, 0.25) is 0 Å². The molecule has 3 N–H and O–H groups in total. The number of carbonyl (C=O) groups is 3. The molecule has 2 aliphatic rings. The molecule has 0 heterocycles. The van der Waals surface area contributed by atoms with Gasteiger partial charge < -0.3 is 29.0 Å². The maximum atomic E-state index is 13.5. The molecule has 0 aromatic rings. The third kappa shape index (κ3) is 14.8.